The number of nitrogens with zero attached hydrogens (tertiary/aromatic N) is 3. The Balaban J connectivity index is 1.14. The fourth-order valence-electron chi connectivity index (χ4n) is 8.10. The number of nitrogens with two attached hydrogens (primary N) is 1. The number of aliphatic hydroxyl groups excluding tert-OH is 1. The van der Waals surface area contributed by atoms with E-state index in [1.165, 1.54) is 11.8 Å². The highest BCUT2D eigenvalue weighted by Crippen LogP contribution is 2.60. The lowest BCUT2D eigenvalue weighted by atomic mass is 9.79. The molecule has 4 aliphatic heterocycles. The van der Waals surface area contributed by atoms with E-state index in [9.17, 15) is 9.90 Å². The van der Waals surface area contributed by atoms with E-state index in [-0.39, 0.29) is 24.2 Å². The first-order chi connectivity index (χ1) is 29.2. The van der Waals surface area contributed by atoms with Crippen molar-refractivity contribution in [2.45, 2.75) is 55.8 Å². The maximum Gasteiger partial charge on any atom is 0.229 e. The van der Waals surface area contributed by atoms with Crippen LogP contribution < -0.4 is 15.2 Å². The summed E-state index contributed by atoms with van der Waals surface area (Å²) in [5.74, 6) is 3.05. The van der Waals surface area contributed by atoms with Crippen molar-refractivity contribution < 1.29 is 38.1 Å². The van der Waals surface area contributed by atoms with E-state index in [4.69, 9.17) is 33.9 Å². The first-order valence-corrected chi connectivity index (χ1v) is 23.9. The van der Waals surface area contributed by atoms with Crippen LogP contribution in [-0.2, 0) is 24.3 Å². The number of carbonyl (C=O) groups excluding carboxylic acids is 1. The van der Waals surface area contributed by atoms with E-state index < -0.39 is 43.5 Å². The molecule has 3 fully saturated rings. The maximum atomic E-state index is 13.0. The van der Waals surface area contributed by atoms with Crippen LogP contribution in [-0.4, -0.2) is 108 Å². The Bertz CT molecular complexity index is 2080. The monoisotopic (exact) mass is 870 g/mol. The third kappa shape index (κ3) is 8.72. The minimum absolute atomic E-state index is 0.0551. The zero-order valence-corrected chi connectivity index (χ0v) is 36.5. The Hall–Kier alpha value is -3.95. The molecule has 60 heavy (non-hydrogen) atoms. The van der Waals surface area contributed by atoms with Crippen molar-refractivity contribution in [2.24, 2.45) is 10.7 Å². The second-order valence-corrected chi connectivity index (χ2v) is 19.7. The van der Waals surface area contributed by atoms with Crippen LogP contribution in [0.1, 0.15) is 46.8 Å². The summed E-state index contributed by atoms with van der Waals surface area (Å²) in [6.07, 6.45) is 0.693. The summed E-state index contributed by atoms with van der Waals surface area (Å²) in [6.45, 7) is 3.93. The molecule has 4 heterocycles. The lowest BCUT2D eigenvalue weighted by molar-refractivity contribution is -0.228. The van der Waals surface area contributed by atoms with Gasteiger partial charge in [0.15, 0.2) is 13.7 Å². The molecule has 4 aromatic carbocycles. The van der Waals surface area contributed by atoms with Crippen molar-refractivity contribution in [3.63, 3.8) is 0 Å². The molecule has 6 atom stereocenters. The number of methoxy groups -OCH3 is 2. The summed E-state index contributed by atoms with van der Waals surface area (Å²) in [5.41, 5.74) is 7.96. The summed E-state index contributed by atoms with van der Waals surface area (Å²) in [6, 6.07) is 35.4. The number of ether oxygens (including phenoxy) is 5. The topological polar surface area (TPSA) is 138 Å². The number of thioether (sulfide) groups is 1. The lowest BCUT2D eigenvalue weighted by Crippen LogP contribution is -2.52. The van der Waals surface area contributed by atoms with Gasteiger partial charge in [-0.15, -0.1) is 0 Å². The molecule has 0 radical (unpaired) electrons. The van der Waals surface area contributed by atoms with Crippen LogP contribution in [0, 0.1) is 0 Å². The second kappa shape index (κ2) is 19.0. The second-order valence-electron chi connectivity index (χ2n) is 15.0. The Morgan fingerprint density at radius 3 is 2.12 bits per heavy atom. The van der Waals surface area contributed by atoms with Crippen LogP contribution in [0.3, 0.4) is 0 Å². The third-order valence-electron chi connectivity index (χ3n) is 11.3. The lowest BCUT2D eigenvalue weighted by Gasteiger charge is -2.41. The number of aliphatic imine (C=N–C) groups is 1. The van der Waals surface area contributed by atoms with Crippen LogP contribution in [0.5, 0.6) is 11.5 Å². The molecular formula is C45H51N4O8PS2. The average Bonchev–Trinajstić information content (AvgIpc) is 4.02. The van der Waals surface area contributed by atoms with Crippen molar-refractivity contribution in [2.75, 3.05) is 52.0 Å². The highest BCUT2D eigenvalue weighted by atomic mass is 32.7. The summed E-state index contributed by atoms with van der Waals surface area (Å²) < 4.78 is 42.2. The van der Waals surface area contributed by atoms with Gasteiger partial charge in [-0.25, -0.2) is 4.99 Å². The zero-order valence-electron chi connectivity index (χ0n) is 33.9. The van der Waals surface area contributed by atoms with Crippen molar-refractivity contribution in [1.29, 1.82) is 0 Å². The van der Waals surface area contributed by atoms with Crippen molar-refractivity contribution in [1.82, 2.24) is 9.57 Å². The highest BCUT2D eigenvalue weighted by molar-refractivity contribution is 8.53. The molecule has 316 valence electrons. The van der Waals surface area contributed by atoms with Gasteiger partial charge < -0.3 is 43.9 Å². The van der Waals surface area contributed by atoms with E-state index >= 15 is 0 Å². The Morgan fingerprint density at radius 2 is 1.50 bits per heavy atom. The van der Waals surface area contributed by atoms with E-state index in [0.717, 1.165) is 54.1 Å². The minimum Gasteiger partial charge on any atom is -0.497 e. The molecule has 3 N–H and O–H groups in total. The van der Waals surface area contributed by atoms with Crippen LogP contribution in [0.15, 0.2) is 126 Å². The smallest absolute Gasteiger partial charge is 0.229 e. The molecule has 8 rings (SSSR count). The van der Waals surface area contributed by atoms with Crippen molar-refractivity contribution >= 4 is 41.6 Å². The van der Waals surface area contributed by atoms with Gasteiger partial charge in [0.2, 0.25) is 11.5 Å². The molecular weight excluding hydrogens is 820 g/mol. The fraction of sp³-hybridized carbons (Fsp3) is 0.378. The number of fused-ring (bicyclic) bond motifs is 2. The van der Waals surface area contributed by atoms with Gasteiger partial charge in [0.25, 0.3) is 0 Å². The van der Waals surface area contributed by atoms with Crippen LogP contribution >= 0.6 is 30.6 Å². The molecule has 4 aromatic rings. The van der Waals surface area contributed by atoms with Gasteiger partial charge >= 0.3 is 0 Å². The fourth-order valence-corrected chi connectivity index (χ4v) is 13.4. The zero-order chi connectivity index (χ0) is 41.7. The van der Waals surface area contributed by atoms with E-state index in [1.807, 2.05) is 104 Å². The number of hydrogen-bond donors (Lipinski definition) is 2. The molecule has 0 saturated carbocycles. The van der Waals surface area contributed by atoms with Gasteiger partial charge in [0.1, 0.15) is 40.7 Å². The number of benzene rings is 4. The van der Waals surface area contributed by atoms with Crippen molar-refractivity contribution in [3.05, 3.63) is 143 Å². The number of carbonyl (C=O) groups is 1. The number of aliphatic hydroxyl groups is 1. The first-order valence-electron chi connectivity index (χ1n) is 20.1. The van der Waals surface area contributed by atoms with Gasteiger partial charge in [-0.2, -0.15) is 0 Å². The van der Waals surface area contributed by atoms with Crippen molar-refractivity contribution in [3.8, 4) is 11.5 Å². The average molecular weight is 871 g/mol. The Labute approximate surface area is 361 Å². The minimum atomic E-state index is -1.28. The Kier molecular flexibility index (Phi) is 13.5. The van der Waals surface area contributed by atoms with E-state index in [0.29, 0.717) is 22.6 Å². The van der Waals surface area contributed by atoms with Gasteiger partial charge in [0.05, 0.1) is 27.4 Å². The molecule has 12 nitrogen and oxygen atoms in total. The van der Waals surface area contributed by atoms with Crippen LogP contribution in [0.2, 0.25) is 0 Å². The van der Waals surface area contributed by atoms with Gasteiger partial charge in [-0.1, -0.05) is 108 Å². The van der Waals surface area contributed by atoms with Gasteiger partial charge in [0, 0.05) is 41.9 Å². The predicted molar refractivity (Wildman–Crippen MR) is 237 cm³/mol. The normalized spacial score (nSPS) is 24.6. The number of rotatable bonds is 17. The van der Waals surface area contributed by atoms with E-state index in [1.54, 1.807) is 36.7 Å². The molecule has 3 unspecified atom stereocenters. The van der Waals surface area contributed by atoms with Gasteiger partial charge in [-0.3, -0.25) is 9.46 Å². The summed E-state index contributed by atoms with van der Waals surface area (Å²) in [7, 11) is 2.09. The molecule has 2 bridgehead atoms. The maximum absolute atomic E-state index is 13.0. The van der Waals surface area contributed by atoms with Crippen LogP contribution in [0.4, 0.5) is 0 Å². The first kappa shape index (κ1) is 42.7. The molecule has 4 aliphatic rings. The largest absolute Gasteiger partial charge is 0.497 e. The molecule has 0 aliphatic carbocycles. The number of amidine groups is 1. The summed E-state index contributed by atoms with van der Waals surface area (Å²) >= 11 is 3.07. The molecule has 0 amide bonds. The van der Waals surface area contributed by atoms with Gasteiger partial charge in [-0.05, 0) is 60.7 Å². The molecule has 3 saturated heterocycles. The SMILES string of the molecule is COc1ccc(C(OC[C@]23CO[C@@H](C2OP(SCCSC(=O)c2ccccc2)N2CCCC2)[C@H](N2C=C(C)C(N)=NC2O)O3)(c2ccccc2)c2ccc(OC)cc2)cc1. The van der Waals surface area contributed by atoms with Crippen LogP contribution in [0.25, 0.3) is 0 Å². The quantitative estimate of drug-likeness (QED) is 0.0621. The standard InChI is InChI=1S/C45H51N4O8PS2/c1-31-28-49(43(51)47-40(31)46)41-38-39(57-58(48-24-10-11-25-48)60-27-26-59-42(50)32-12-6-4-7-13-32)44(56-41,29-54-38)30-55-45(33-14-8-5-9-15-33,34-16-20-36(52-2)21-17-34)35-18-22-37(53-3)23-19-35/h4-9,12-23,28,38-39,41,43,51H,10-11,24-27,29-30H2,1-3H3,(H2,46,47)/t38-,39?,41+,43?,44+,58?/m0/s1. The molecule has 0 spiro atoms. The van der Waals surface area contributed by atoms with E-state index in [2.05, 4.69) is 21.8 Å². The highest BCUT2D eigenvalue weighted by Gasteiger charge is 2.66. The molecule has 0 aromatic heterocycles. The molecule has 15 heteroatoms. The number of hydrogen-bond acceptors (Lipinski definition) is 14. The summed E-state index contributed by atoms with van der Waals surface area (Å²) in [5, 5.41) is 11.3. The Morgan fingerprint density at radius 1 is 0.900 bits per heavy atom. The third-order valence-corrected chi connectivity index (χ3v) is 16.5. The summed E-state index contributed by atoms with van der Waals surface area (Å²) in [4.78, 5) is 18.9. The predicted octanol–water partition coefficient (Wildman–Crippen LogP) is 7.37.